The summed E-state index contributed by atoms with van der Waals surface area (Å²) in [5.74, 6) is 0.209. The van der Waals surface area contributed by atoms with Gasteiger partial charge >= 0.3 is 5.97 Å². The van der Waals surface area contributed by atoms with Crippen molar-refractivity contribution >= 4 is 21.9 Å². The standard InChI is InChI=1S/C13H16BrNO2/c1-15-8-10-7-13(10,12(16)17-2)9-3-5-11(14)6-4-9/h3-6,10,15H,7-8H2,1-2H3. The molecule has 17 heavy (non-hydrogen) atoms. The highest BCUT2D eigenvalue weighted by Crippen LogP contribution is 2.54. The highest BCUT2D eigenvalue weighted by molar-refractivity contribution is 9.10. The molecule has 1 aromatic rings. The van der Waals surface area contributed by atoms with Gasteiger partial charge in [-0.05, 0) is 43.6 Å². The molecule has 2 unspecified atom stereocenters. The molecule has 1 N–H and O–H groups in total. The highest BCUT2D eigenvalue weighted by Gasteiger charge is 2.61. The summed E-state index contributed by atoms with van der Waals surface area (Å²) < 4.78 is 5.98. The SMILES string of the molecule is CNCC1CC1(C(=O)OC)c1ccc(Br)cc1. The van der Waals surface area contributed by atoms with Crippen LogP contribution in [-0.4, -0.2) is 26.7 Å². The van der Waals surface area contributed by atoms with Gasteiger partial charge in [-0.25, -0.2) is 0 Å². The summed E-state index contributed by atoms with van der Waals surface area (Å²) in [5.41, 5.74) is 0.617. The Morgan fingerprint density at radius 1 is 1.53 bits per heavy atom. The summed E-state index contributed by atoms with van der Waals surface area (Å²) in [6.07, 6.45) is 0.863. The van der Waals surface area contributed by atoms with Crippen LogP contribution < -0.4 is 5.32 Å². The number of hydrogen-bond donors (Lipinski definition) is 1. The van der Waals surface area contributed by atoms with E-state index in [1.807, 2.05) is 31.3 Å². The Morgan fingerprint density at radius 3 is 2.71 bits per heavy atom. The summed E-state index contributed by atoms with van der Waals surface area (Å²) in [6.45, 7) is 0.838. The maximum atomic E-state index is 12.0. The van der Waals surface area contributed by atoms with E-state index in [1.54, 1.807) is 0 Å². The van der Waals surface area contributed by atoms with Crippen LogP contribution in [0.5, 0.6) is 0 Å². The van der Waals surface area contributed by atoms with Crippen molar-refractivity contribution in [3.05, 3.63) is 34.3 Å². The lowest BCUT2D eigenvalue weighted by molar-refractivity contribution is -0.144. The van der Waals surface area contributed by atoms with Gasteiger partial charge in [-0.2, -0.15) is 0 Å². The Labute approximate surface area is 110 Å². The lowest BCUT2D eigenvalue weighted by atomic mass is 9.93. The largest absolute Gasteiger partial charge is 0.468 e. The quantitative estimate of drug-likeness (QED) is 0.865. The van der Waals surface area contributed by atoms with Gasteiger partial charge < -0.3 is 10.1 Å². The van der Waals surface area contributed by atoms with E-state index in [9.17, 15) is 4.79 Å². The van der Waals surface area contributed by atoms with E-state index in [1.165, 1.54) is 7.11 Å². The summed E-state index contributed by atoms with van der Waals surface area (Å²) in [6, 6.07) is 7.93. The van der Waals surface area contributed by atoms with Gasteiger partial charge in [0.25, 0.3) is 0 Å². The second-order valence-electron chi connectivity index (χ2n) is 4.43. The number of benzene rings is 1. The van der Waals surface area contributed by atoms with Crippen molar-refractivity contribution in [2.24, 2.45) is 5.92 Å². The molecular formula is C13H16BrNO2. The molecule has 1 aliphatic carbocycles. The number of carbonyl (C=O) groups is 1. The first-order valence-electron chi connectivity index (χ1n) is 5.64. The molecule has 0 heterocycles. The molecule has 1 aromatic carbocycles. The van der Waals surface area contributed by atoms with E-state index in [4.69, 9.17) is 4.74 Å². The van der Waals surface area contributed by atoms with Gasteiger partial charge in [-0.1, -0.05) is 28.1 Å². The Hall–Kier alpha value is -0.870. The Bertz CT molecular complexity index is 418. The molecule has 2 rings (SSSR count). The van der Waals surface area contributed by atoms with Crippen molar-refractivity contribution in [3.8, 4) is 0 Å². The third kappa shape index (κ3) is 2.11. The van der Waals surface area contributed by atoms with Crippen LogP contribution in [0.15, 0.2) is 28.7 Å². The van der Waals surface area contributed by atoms with Crippen LogP contribution in [0.4, 0.5) is 0 Å². The van der Waals surface area contributed by atoms with Crippen LogP contribution in [0.2, 0.25) is 0 Å². The van der Waals surface area contributed by atoms with E-state index >= 15 is 0 Å². The predicted octanol–water partition coefficient (Wildman–Crippen LogP) is 2.10. The normalized spacial score (nSPS) is 26.6. The fourth-order valence-electron chi connectivity index (χ4n) is 2.47. The average Bonchev–Trinajstić information content (AvgIpc) is 3.05. The van der Waals surface area contributed by atoms with Gasteiger partial charge in [0.2, 0.25) is 0 Å². The number of esters is 1. The molecule has 0 bridgehead atoms. The second-order valence-corrected chi connectivity index (χ2v) is 5.34. The summed E-state index contributed by atoms with van der Waals surface area (Å²) in [5, 5.41) is 3.13. The second kappa shape index (κ2) is 4.78. The zero-order chi connectivity index (χ0) is 12.5. The van der Waals surface area contributed by atoms with Crippen LogP contribution in [0.25, 0.3) is 0 Å². The smallest absolute Gasteiger partial charge is 0.316 e. The van der Waals surface area contributed by atoms with E-state index in [-0.39, 0.29) is 5.97 Å². The number of ether oxygens (including phenoxy) is 1. The summed E-state index contributed by atoms with van der Waals surface area (Å²) in [7, 11) is 3.36. The molecule has 0 aliphatic heterocycles. The monoisotopic (exact) mass is 297 g/mol. The lowest BCUT2D eigenvalue weighted by Crippen LogP contribution is -2.27. The van der Waals surface area contributed by atoms with Crippen LogP contribution >= 0.6 is 15.9 Å². The van der Waals surface area contributed by atoms with Gasteiger partial charge in [-0.3, -0.25) is 4.79 Å². The third-order valence-corrected chi connectivity index (χ3v) is 3.99. The molecule has 0 spiro atoms. The first kappa shape index (κ1) is 12.6. The zero-order valence-electron chi connectivity index (χ0n) is 10.00. The van der Waals surface area contributed by atoms with Crippen molar-refractivity contribution in [3.63, 3.8) is 0 Å². The van der Waals surface area contributed by atoms with E-state index in [0.29, 0.717) is 5.92 Å². The molecule has 0 aromatic heterocycles. The maximum absolute atomic E-state index is 12.0. The predicted molar refractivity (Wildman–Crippen MR) is 69.9 cm³/mol. The van der Waals surface area contributed by atoms with Crippen molar-refractivity contribution < 1.29 is 9.53 Å². The molecule has 1 aliphatic rings. The van der Waals surface area contributed by atoms with Crippen molar-refractivity contribution in [2.45, 2.75) is 11.8 Å². The lowest BCUT2D eigenvalue weighted by Gasteiger charge is -2.15. The van der Waals surface area contributed by atoms with Gasteiger partial charge in [0.1, 0.15) is 0 Å². The minimum atomic E-state index is -0.432. The molecule has 3 nitrogen and oxygen atoms in total. The molecule has 92 valence electrons. The fraction of sp³-hybridized carbons (Fsp3) is 0.462. The van der Waals surface area contributed by atoms with Crippen LogP contribution in [-0.2, 0) is 14.9 Å². The number of hydrogen-bond acceptors (Lipinski definition) is 3. The highest BCUT2D eigenvalue weighted by atomic mass is 79.9. The van der Waals surface area contributed by atoms with E-state index in [2.05, 4.69) is 21.2 Å². The molecule has 1 saturated carbocycles. The van der Waals surface area contributed by atoms with Gasteiger partial charge in [0.15, 0.2) is 0 Å². The Morgan fingerprint density at radius 2 is 2.18 bits per heavy atom. The number of methoxy groups -OCH3 is 1. The molecule has 1 fully saturated rings. The van der Waals surface area contributed by atoms with Crippen molar-refractivity contribution in [1.82, 2.24) is 5.32 Å². The van der Waals surface area contributed by atoms with Crippen molar-refractivity contribution in [2.75, 3.05) is 20.7 Å². The first-order chi connectivity index (χ1) is 8.15. The molecule has 2 atom stereocenters. The number of rotatable bonds is 4. The molecule has 0 saturated heterocycles. The number of halogens is 1. The minimum Gasteiger partial charge on any atom is -0.468 e. The third-order valence-electron chi connectivity index (χ3n) is 3.46. The van der Waals surface area contributed by atoms with E-state index in [0.717, 1.165) is 23.0 Å². The van der Waals surface area contributed by atoms with Crippen LogP contribution in [0.3, 0.4) is 0 Å². The fourth-order valence-corrected chi connectivity index (χ4v) is 2.74. The molecular weight excluding hydrogens is 282 g/mol. The molecule has 0 amide bonds. The molecule has 0 radical (unpaired) electrons. The topological polar surface area (TPSA) is 38.3 Å². The Balaban J connectivity index is 2.30. The Kier molecular flexibility index (Phi) is 3.54. The number of nitrogens with one attached hydrogen (secondary N) is 1. The average molecular weight is 298 g/mol. The van der Waals surface area contributed by atoms with Gasteiger partial charge in [0, 0.05) is 4.47 Å². The van der Waals surface area contributed by atoms with Crippen LogP contribution in [0, 0.1) is 5.92 Å². The van der Waals surface area contributed by atoms with E-state index < -0.39 is 5.41 Å². The molecule has 4 heteroatoms. The zero-order valence-corrected chi connectivity index (χ0v) is 11.6. The minimum absolute atomic E-state index is 0.125. The summed E-state index contributed by atoms with van der Waals surface area (Å²) in [4.78, 5) is 12.0. The van der Waals surface area contributed by atoms with Gasteiger partial charge in [0.05, 0.1) is 12.5 Å². The summed E-state index contributed by atoms with van der Waals surface area (Å²) >= 11 is 3.40. The first-order valence-corrected chi connectivity index (χ1v) is 6.43. The van der Waals surface area contributed by atoms with Crippen LogP contribution in [0.1, 0.15) is 12.0 Å². The maximum Gasteiger partial charge on any atom is 0.316 e. The number of carbonyl (C=O) groups excluding carboxylic acids is 1. The van der Waals surface area contributed by atoms with Crippen molar-refractivity contribution in [1.29, 1.82) is 0 Å². The van der Waals surface area contributed by atoms with Gasteiger partial charge in [-0.15, -0.1) is 0 Å².